The summed E-state index contributed by atoms with van der Waals surface area (Å²) in [6.45, 7) is 2.03. The number of hydrogen-bond donors (Lipinski definition) is 0. The maximum atomic E-state index is 12.1. The topological polar surface area (TPSA) is 17.1 Å². The lowest BCUT2D eigenvalue weighted by atomic mass is 9.85. The molecule has 3 heteroatoms. The Labute approximate surface area is 116 Å². The van der Waals surface area contributed by atoms with Crippen LogP contribution in [-0.2, 0) is 0 Å². The smallest absolute Gasteiger partial charge is 0.164 e. The van der Waals surface area contributed by atoms with Crippen LogP contribution in [0.3, 0.4) is 0 Å². The molecule has 0 unspecified atom stereocenters. The molecular formula is C14H19BrOS. The van der Waals surface area contributed by atoms with E-state index in [2.05, 4.69) is 15.9 Å². The van der Waals surface area contributed by atoms with Gasteiger partial charge < -0.3 is 0 Å². The van der Waals surface area contributed by atoms with Crippen molar-refractivity contribution >= 4 is 33.0 Å². The highest BCUT2D eigenvalue weighted by molar-refractivity contribution is 9.11. The van der Waals surface area contributed by atoms with E-state index in [1.54, 1.807) is 11.3 Å². The zero-order valence-corrected chi connectivity index (χ0v) is 12.7. The van der Waals surface area contributed by atoms with Crippen LogP contribution in [0.2, 0.25) is 0 Å². The molecule has 0 spiro atoms. The van der Waals surface area contributed by atoms with Crippen LogP contribution in [-0.4, -0.2) is 5.78 Å². The summed E-state index contributed by atoms with van der Waals surface area (Å²) in [5.41, 5.74) is 0.928. The normalized spacial score (nSPS) is 17.3. The van der Waals surface area contributed by atoms with Gasteiger partial charge in [0, 0.05) is 16.9 Å². The summed E-state index contributed by atoms with van der Waals surface area (Å²) in [4.78, 5) is 13.3. The van der Waals surface area contributed by atoms with Gasteiger partial charge in [-0.25, -0.2) is 0 Å². The number of rotatable bonds is 4. The molecule has 17 heavy (non-hydrogen) atoms. The van der Waals surface area contributed by atoms with Crippen LogP contribution in [0.1, 0.15) is 60.2 Å². The molecule has 1 saturated carbocycles. The molecule has 1 fully saturated rings. The Morgan fingerprint density at radius 1 is 1.41 bits per heavy atom. The van der Waals surface area contributed by atoms with E-state index in [1.165, 1.54) is 32.1 Å². The lowest BCUT2D eigenvalue weighted by Crippen LogP contribution is -2.09. The fourth-order valence-corrected chi connectivity index (χ4v) is 4.38. The summed E-state index contributed by atoms with van der Waals surface area (Å²) in [6.07, 6.45) is 8.60. The van der Waals surface area contributed by atoms with Gasteiger partial charge in [-0.2, -0.15) is 0 Å². The molecule has 0 saturated heterocycles. The maximum absolute atomic E-state index is 12.1. The van der Waals surface area contributed by atoms with Crippen LogP contribution >= 0.6 is 27.3 Å². The lowest BCUT2D eigenvalue weighted by Gasteiger charge is -2.20. The summed E-state index contributed by atoms with van der Waals surface area (Å²) >= 11 is 5.10. The molecule has 1 aromatic rings. The lowest BCUT2D eigenvalue weighted by molar-refractivity contribution is 0.0970. The van der Waals surface area contributed by atoms with Gasteiger partial charge in [-0.1, -0.05) is 32.1 Å². The fraction of sp³-hybridized carbons (Fsp3) is 0.643. The highest BCUT2D eigenvalue weighted by atomic mass is 79.9. The van der Waals surface area contributed by atoms with Gasteiger partial charge in [0.1, 0.15) is 0 Å². The molecule has 1 aliphatic carbocycles. The van der Waals surface area contributed by atoms with Gasteiger partial charge >= 0.3 is 0 Å². The number of carbonyl (C=O) groups is 1. The number of halogens is 1. The van der Waals surface area contributed by atoms with Crippen molar-refractivity contribution in [1.82, 2.24) is 0 Å². The van der Waals surface area contributed by atoms with Crippen molar-refractivity contribution < 1.29 is 4.79 Å². The van der Waals surface area contributed by atoms with E-state index >= 15 is 0 Å². The Hall–Kier alpha value is -0.150. The molecule has 1 aromatic heterocycles. The van der Waals surface area contributed by atoms with Crippen molar-refractivity contribution in [3.05, 3.63) is 20.3 Å². The second-order valence-corrected chi connectivity index (χ2v) is 7.62. The predicted molar refractivity (Wildman–Crippen MR) is 76.9 cm³/mol. The average molecular weight is 315 g/mol. The fourth-order valence-electron chi connectivity index (χ4n) is 2.67. The van der Waals surface area contributed by atoms with Crippen molar-refractivity contribution in [2.45, 2.75) is 51.9 Å². The highest BCUT2D eigenvalue weighted by Gasteiger charge is 2.17. The standard InChI is InChI=1S/C14H19BrOS/c1-10-12(9-14(15)17-10)13(16)8-7-11-5-3-2-4-6-11/h9,11H,2-8H2,1H3. The van der Waals surface area contributed by atoms with E-state index in [4.69, 9.17) is 0 Å². The summed E-state index contributed by atoms with van der Waals surface area (Å²) in [6, 6.07) is 1.98. The molecule has 0 N–H and O–H groups in total. The van der Waals surface area contributed by atoms with Gasteiger partial charge in [0.2, 0.25) is 0 Å². The van der Waals surface area contributed by atoms with E-state index in [1.807, 2.05) is 13.0 Å². The molecule has 0 amide bonds. The van der Waals surface area contributed by atoms with Gasteiger partial charge in [0.05, 0.1) is 3.79 Å². The molecular weight excluding hydrogens is 296 g/mol. The van der Waals surface area contributed by atoms with Crippen molar-refractivity contribution in [3.8, 4) is 0 Å². The molecule has 0 aromatic carbocycles. The minimum absolute atomic E-state index is 0.329. The largest absolute Gasteiger partial charge is 0.294 e. The van der Waals surface area contributed by atoms with E-state index < -0.39 is 0 Å². The Morgan fingerprint density at radius 3 is 2.71 bits per heavy atom. The van der Waals surface area contributed by atoms with Crippen molar-refractivity contribution in [1.29, 1.82) is 0 Å². The van der Waals surface area contributed by atoms with Crippen molar-refractivity contribution in [2.24, 2.45) is 5.92 Å². The second kappa shape index (κ2) is 6.14. The first-order chi connectivity index (χ1) is 8.16. The highest BCUT2D eigenvalue weighted by Crippen LogP contribution is 2.30. The molecule has 0 radical (unpaired) electrons. The molecule has 1 nitrogen and oxygen atoms in total. The number of ketones is 1. The molecule has 1 aliphatic rings. The Bertz CT molecular complexity index is 391. The number of hydrogen-bond acceptors (Lipinski definition) is 2. The van der Waals surface area contributed by atoms with Crippen molar-refractivity contribution in [2.75, 3.05) is 0 Å². The van der Waals surface area contributed by atoms with Crippen LogP contribution in [0.4, 0.5) is 0 Å². The van der Waals surface area contributed by atoms with E-state index in [-0.39, 0.29) is 0 Å². The molecule has 0 aliphatic heterocycles. The average Bonchev–Trinajstić information content (AvgIpc) is 2.67. The third-order valence-corrected chi connectivity index (χ3v) is 5.25. The van der Waals surface area contributed by atoms with E-state index in [0.29, 0.717) is 5.78 Å². The van der Waals surface area contributed by atoms with Crippen LogP contribution < -0.4 is 0 Å². The summed E-state index contributed by atoms with van der Waals surface area (Å²) in [5.74, 6) is 1.13. The van der Waals surface area contributed by atoms with Crippen LogP contribution in [0.25, 0.3) is 0 Å². The first kappa shape index (κ1) is 13.3. The third-order valence-electron chi connectivity index (χ3n) is 3.69. The van der Waals surface area contributed by atoms with E-state index in [0.717, 1.165) is 33.0 Å². The monoisotopic (exact) mass is 314 g/mol. The molecule has 94 valence electrons. The van der Waals surface area contributed by atoms with Gasteiger partial charge in [-0.05, 0) is 41.3 Å². The predicted octanol–water partition coefficient (Wildman–Crippen LogP) is 5.36. The first-order valence-corrected chi connectivity index (χ1v) is 8.07. The third kappa shape index (κ3) is 3.65. The van der Waals surface area contributed by atoms with Gasteiger partial charge in [0.25, 0.3) is 0 Å². The SMILES string of the molecule is Cc1sc(Br)cc1C(=O)CCC1CCCCC1. The summed E-state index contributed by atoms with van der Waals surface area (Å²) in [7, 11) is 0. The quantitative estimate of drug-likeness (QED) is 0.683. The zero-order chi connectivity index (χ0) is 12.3. The number of thiophene rings is 1. The van der Waals surface area contributed by atoms with E-state index in [9.17, 15) is 4.79 Å². The first-order valence-electron chi connectivity index (χ1n) is 6.46. The zero-order valence-electron chi connectivity index (χ0n) is 10.3. The molecule has 1 heterocycles. The van der Waals surface area contributed by atoms with Crippen LogP contribution in [0.15, 0.2) is 9.85 Å². The minimum atomic E-state index is 0.329. The Kier molecular flexibility index (Phi) is 4.80. The van der Waals surface area contributed by atoms with Gasteiger partial charge in [-0.3, -0.25) is 4.79 Å². The maximum Gasteiger partial charge on any atom is 0.164 e. The Balaban J connectivity index is 1.86. The Morgan fingerprint density at radius 2 is 2.12 bits per heavy atom. The van der Waals surface area contributed by atoms with Crippen molar-refractivity contribution in [3.63, 3.8) is 0 Å². The number of carbonyl (C=O) groups excluding carboxylic acids is 1. The van der Waals surface area contributed by atoms with Crippen LogP contribution in [0, 0.1) is 12.8 Å². The van der Waals surface area contributed by atoms with Gasteiger partial charge in [0.15, 0.2) is 5.78 Å². The molecule has 0 atom stereocenters. The van der Waals surface area contributed by atoms with Gasteiger partial charge in [-0.15, -0.1) is 11.3 Å². The van der Waals surface area contributed by atoms with Crippen LogP contribution in [0.5, 0.6) is 0 Å². The summed E-state index contributed by atoms with van der Waals surface area (Å²) in [5, 5.41) is 0. The summed E-state index contributed by atoms with van der Waals surface area (Å²) < 4.78 is 1.07. The molecule has 0 bridgehead atoms. The minimum Gasteiger partial charge on any atom is -0.294 e. The second-order valence-electron chi connectivity index (χ2n) is 4.99. The number of aryl methyl sites for hydroxylation is 1. The number of Topliss-reactive ketones (excluding diaryl/α,β-unsaturated/α-hetero) is 1. The molecule has 2 rings (SSSR count).